The number of carbonyl (C=O) groups is 2. The van der Waals surface area contributed by atoms with E-state index in [1.165, 1.54) is 16.7 Å². The summed E-state index contributed by atoms with van der Waals surface area (Å²) >= 11 is 1.87. The third-order valence-electron chi connectivity index (χ3n) is 7.11. The van der Waals surface area contributed by atoms with Gasteiger partial charge in [-0.3, -0.25) is 4.79 Å². The second-order valence-corrected chi connectivity index (χ2v) is 11.1. The van der Waals surface area contributed by atoms with Gasteiger partial charge in [0.25, 0.3) is 0 Å². The highest BCUT2D eigenvalue weighted by Gasteiger charge is 2.44. The normalized spacial score (nSPS) is 20.4. The molecule has 2 atom stereocenters. The minimum atomic E-state index is -0.488. The van der Waals surface area contributed by atoms with E-state index in [2.05, 4.69) is 84.7 Å². The summed E-state index contributed by atoms with van der Waals surface area (Å²) in [6.07, 6.45) is 4.55. The topological polar surface area (TPSA) is 58.6 Å². The van der Waals surface area contributed by atoms with Gasteiger partial charge in [0.15, 0.2) is 0 Å². The van der Waals surface area contributed by atoms with Gasteiger partial charge in [0.05, 0.1) is 10.8 Å². The highest BCUT2D eigenvalue weighted by Crippen LogP contribution is 2.52. The number of likely N-dealkylation sites (tertiary alicyclic amines) is 1. The van der Waals surface area contributed by atoms with Crippen molar-refractivity contribution < 1.29 is 14.3 Å². The molecule has 194 valence electrons. The largest absolute Gasteiger partial charge is 0.445 e. The average molecular weight is 525 g/mol. The second-order valence-electron chi connectivity index (χ2n) is 9.54. The number of amides is 2. The van der Waals surface area contributed by atoms with Crippen molar-refractivity contribution in [3.8, 4) is 0 Å². The summed E-state index contributed by atoms with van der Waals surface area (Å²) < 4.78 is 4.97. The van der Waals surface area contributed by atoms with Crippen molar-refractivity contribution in [1.82, 2.24) is 10.2 Å². The van der Waals surface area contributed by atoms with E-state index in [4.69, 9.17) is 4.74 Å². The molecule has 0 saturated carbocycles. The number of carbonyl (C=O) groups excluding carboxylic acids is 2. The van der Waals surface area contributed by atoms with Crippen LogP contribution in [0, 0.1) is 0 Å². The lowest BCUT2D eigenvalue weighted by atomic mass is 9.84. The molecule has 38 heavy (non-hydrogen) atoms. The third kappa shape index (κ3) is 5.27. The van der Waals surface area contributed by atoms with Crippen molar-refractivity contribution in [3.63, 3.8) is 0 Å². The van der Waals surface area contributed by atoms with E-state index in [-0.39, 0.29) is 29.9 Å². The average Bonchev–Trinajstić information content (AvgIpc) is 3.57. The van der Waals surface area contributed by atoms with Crippen LogP contribution in [0.4, 0.5) is 4.79 Å². The Balaban J connectivity index is 1.56. The molecule has 2 aliphatic heterocycles. The Morgan fingerprint density at radius 3 is 2.00 bits per heavy atom. The van der Waals surface area contributed by atoms with E-state index in [1.807, 2.05) is 36.0 Å². The molecule has 1 N–H and O–H groups in total. The number of thioether (sulfide) groups is 1. The van der Waals surface area contributed by atoms with Gasteiger partial charge in [-0.2, -0.15) is 0 Å². The van der Waals surface area contributed by atoms with Gasteiger partial charge in [0, 0.05) is 23.9 Å². The van der Waals surface area contributed by atoms with Crippen LogP contribution >= 0.6 is 11.8 Å². The molecule has 0 bridgehead atoms. The molecule has 6 heteroatoms. The van der Waals surface area contributed by atoms with Crippen LogP contribution in [0.5, 0.6) is 0 Å². The molecule has 0 aromatic heterocycles. The molecule has 0 aliphatic carbocycles. The van der Waals surface area contributed by atoms with Gasteiger partial charge in [-0.1, -0.05) is 110 Å². The van der Waals surface area contributed by atoms with E-state index >= 15 is 0 Å². The Kier molecular flexibility index (Phi) is 7.99. The fraction of sp³-hybridized carbons (Fsp3) is 0.250. The number of ether oxygens (including phenoxy) is 1. The fourth-order valence-electron chi connectivity index (χ4n) is 5.39. The van der Waals surface area contributed by atoms with E-state index < -0.39 is 4.75 Å². The van der Waals surface area contributed by atoms with Crippen LogP contribution in [-0.2, 0) is 14.3 Å². The molecule has 3 aromatic rings. The molecule has 2 heterocycles. The smallest absolute Gasteiger partial charge is 0.410 e. The number of nitrogens with zero attached hydrogens (tertiary/aromatic N) is 1. The van der Waals surface area contributed by atoms with E-state index in [0.717, 1.165) is 12.0 Å². The Bertz CT molecular complexity index is 1200. The van der Waals surface area contributed by atoms with E-state index in [1.54, 1.807) is 11.0 Å². The molecule has 2 amide bonds. The summed E-state index contributed by atoms with van der Waals surface area (Å²) in [5, 5.41) is 2.97. The van der Waals surface area contributed by atoms with Crippen LogP contribution in [0.2, 0.25) is 0 Å². The number of rotatable bonds is 8. The maximum Gasteiger partial charge on any atom is 0.410 e. The molecule has 2 aliphatic rings. The lowest BCUT2D eigenvalue weighted by Gasteiger charge is -2.37. The summed E-state index contributed by atoms with van der Waals surface area (Å²) in [7, 11) is 0. The van der Waals surface area contributed by atoms with Crippen molar-refractivity contribution >= 4 is 23.8 Å². The third-order valence-corrected chi connectivity index (χ3v) is 8.85. The first-order valence-corrected chi connectivity index (χ1v) is 13.9. The van der Waals surface area contributed by atoms with Crippen molar-refractivity contribution in [2.24, 2.45) is 0 Å². The molecule has 0 radical (unpaired) electrons. The second kappa shape index (κ2) is 11.7. The monoisotopic (exact) mass is 524 g/mol. The number of hydrogen-bond donors (Lipinski definition) is 1. The Morgan fingerprint density at radius 2 is 1.53 bits per heavy atom. The summed E-state index contributed by atoms with van der Waals surface area (Å²) in [6.45, 7) is 4.98. The van der Waals surface area contributed by atoms with Gasteiger partial charge in [0.2, 0.25) is 5.91 Å². The predicted octanol–water partition coefficient (Wildman–Crippen LogP) is 5.92. The first-order valence-electron chi connectivity index (χ1n) is 13.0. The van der Waals surface area contributed by atoms with Crippen LogP contribution in [0.3, 0.4) is 0 Å². The number of benzene rings is 3. The first-order chi connectivity index (χ1) is 18.6. The lowest BCUT2D eigenvalue weighted by molar-refractivity contribution is -0.116. The zero-order valence-electron chi connectivity index (χ0n) is 21.3. The van der Waals surface area contributed by atoms with Gasteiger partial charge >= 0.3 is 6.09 Å². The van der Waals surface area contributed by atoms with Crippen LogP contribution < -0.4 is 5.32 Å². The van der Waals surface area contributed by atoms with Gasteiger partial charge in [-0.15, -0.1) is 11.8 Å². The van der Waals surface area contributed by atoms with Gasteiger partial charge in [-0.25, -0.2) is 4.79 Å². The summed E-state index contributed by atoms with van der Waals surface area (Å²) in [5.74, 6) is -0.0484. The molecule has 2 saturated heterocycles. The first kappa shape index (κ1) is 25.9. The van der Waals surface area contributed by atoms with Crippen molar-refractivity contribution in [2.75, 3.05) is 19.7 Å². The van der Waals surface area contributed by atoms with Crippen LogP contribution in [-0.4, -0.2) is 47.9 Å². The zero-order chi connectivity index (χ0) is 26.4. The standard InChI is InChI=1S/C32H32N2O3S/c1-2-20-37-31(36)34-23-29(22-28(34)21-24-18-19-33-30(24)35)38-32(25-12-6-3-7-13-25,26-14-8-4-9-15-26)27-16-10-5-11-17-27/h2-17,21,28-29H,1,18-20,22-23H2,(H,33,35). The Hall–Kier alpha value is -3.77. The molecule has 0 spiro atoms. The van der Waals surface area contributed by atoms with Gasteiger partial charge in [-0.05, 0) is 29.5 Å². The molecule has 5 nitrogen and oxygen atoms in total. The Labute approximate surface area is 228 Å². The van der Waals surface area contributed by atoms with Crippen molar-refractivity contribution in [2.45, 2.75) is 28.9 Å². The maximum absolute atomic E-state index is 13.1. The molecule has 2 unspecified atom stereocenters. The molecular formula is C32H32N2O3S. The van der Waals surface area contributed by atoms with Crippen molar-refractivity contribution in [1.29, 1.82) is 0 Å². The van der Waals surface area contributed by atoms with Crippen LogP contribution in [0.1, 0.15) is 29.5 Å². The summed E-state index contributed by atoms with van der Waals surface area (Å²) in [4.78, 5) is 27.2. The summed E-state index contributed by atoms with van der Waals surface area (Å²) in [6, 6.07) is 31.5. The highest BCUT2D eigenvalue weighted by molar-refractivity contribution is 8.01. The number of nitrogens with one attached hydrogen (secondary N) is 1. The van der Waals surface area contributed by atoms with Crippen molar-refractivity contribution in [3.05, 3.63) is 132 Å². The quantitative estimate of drug-likeness (QED) is 0.226. The van der Waals surface area contributed by atoms with E-state index in [0.29, 0.717) is 19.5 Å². The minimum absolute atomic E-state index is 0.0484. The van der Waals surface area contributed by atoms with Gasteiger partial charge in [0.1, 0.15) is 6.61 Å². The van der Waals surface area contributed by atoms with Crippen LogP contribution in [0.15, 0.2) is 115 Å². The molecular weight excluding hydrogens is 492 g/mol. The molecule has 5 rings (SSSR count). The van der Waals surface area contributed by atoms with Gasteiger partial charge < -0.3 is 15.0 Å². The van der Waals surface area contributed by atoms with E-state index in [9.17, 15) is 9.59 Å². The molecule has 3 aromatic carbocycles. The molecule has 2 fully saturated rings. The Morgan fingerprint density at radius 1 is 0.974 bits per heavy atom. The summed E-state index contributed by atoms with van der Waals surface area (Å²) in [5.41, 5.74) is 4.28. The SMILES string of the molecule is C=CCOC(=O)N1CC(SC(c2ccccc2)(c2ccccc2)c2ccccc2)CC1C=C1CCNC1=O. The predicted molar refractivity (Wildman–Crippen MR) is 153 cm³/mol. The maximum atomic E-state index is 13.1. The lowest BCUT2D eigenvalue weighted by Crippen LogP contribution is -2.36. The highest BCUT2D eigenvalue weighted by atomic mass is 32.2. The zero-order valence-corrected chi connectivity index (χ0v) is 22.1. The number of hydrogen-bond acceptors (Lipinski definition) is 4. The minimum Gasteiger partial charge on any atom is -0.445 e. The fourth-order valence-corrected chi connectivity index (χ4v) is 7.24. The van der Waals surface area contributed by atoms with Crippen LogP contribution in [0.25, 0.3) is 0 Å².